The first kappa shape index (κ1) is 23.9. The number of carbonyl (C=O) groups excluding carboxylic acids is 1. The van der Waals surface area contributed by atoms with Gasteiger partial charge in [-0.05, 0) is 32.1 Å². The number of nitrogens with two attached hydrogens (primary N) is 1. The summed E-state index contributed by atoms with van der Waals surface area (Å²) in [7, 11) is 0. The van der Waals surface area contributed by atoms with Crippen LogP contribution in [-0.4, -0.2) is 41.0 Å². The van der Waals surface area contributed by atoms with Gasteiger partial charge < -0.3 is 16.0 Å². The molecule has 1 aromatic heterocycles. The van der Waals surface area contributed by atoms with Crippen LogP contribution in [0.25, 0.3) is 0 Å². The number of piperidine rings is 1. The minimum Gasteiger partial charge on any atom is -0.356 e. The largest absolute Gasteiger partial charge is 0.356 e. The number of halogens is 2. The summed E-state index contributed by atoms with van der Waals surface area (Å²) in [4.78, 5) is 23.3. The van der Waals surface area contributed by atoms with Gasteiger partial charge in [0, 0.05) is 30.9 Å². The van der Waals surface area contributed by atoms with E-state index in [1.54, 1.807) is 0 Å². The zero-order valence-electron chi connectivity index (χ0n) is 15.7. The van der Waals surface area contributed by atoms with E-state index in [0.29, 0.717) is 0 Å². The molecule has 0 aliphatic carbocycles. The van der Waals surface area contributed by atoms with Gasteiger partial charge in [0.05, 0.1) is 6.04 Å². The van der Waals surface area contributed by atoms with E-state index >= 15 is 0 Å². The summed E-state index contributed by atoms with van der Waals surface area (Å²) in [5.74, 6) is 1.72. The molecule has 0 aromatic carbocycles. The van der Waals surface area contributed by atoms with Crippen molar-refractivity contribution in [3.63, 3.8) is 0 Å². The van der Waals surface area contributed by atoms with Crippen molar-refractivity contribution < 1.29 is 4.79 Å². The molecule has 0 radical (unpaired) electrons. The zero-order chi connectivity index (χ0) is 17.2. The summed E-state index contributed by atoms with van der Waals surface area (Å²) in [5.41, 5.74) is 6.79. The van der Waals surface area contributed by atoms with Crippen molar-refractivity contribution >= 4 is 36.5 Å². The van der Waals surface area contributed by atoms with Crippen LogP contribution in [0.3, 0.4) is 0 Å². The average molecular weight is 392 g/mol. The molecule has 25 heavy (non-hydrogen) atoms. The van der Waals surface area contributed by atoms with Crippen LogP contribution in [0.1, 0.15) is 45.1 Å². The number of anilines is 1. The molecule has 1 atom stereocenters. The molecule has 1 saturated heterocycles. The van der Waals surface area contributed by atoms with Gasteiger partial charge >= 0.3 is 0 Å². The maximum atomic E-state index is 12.2. The Hall–Kier alpha value is -1.11. The predicted octanol–water partition coefficient (Wildman–Crippen LogP) is 2.40. The Morgan fingerprint density at radius 2 is 1.80 bits per heavy atom. The quantitative estimate of drug-likeness (QED) is 0.825. The predicted molar refractivity (Wildman–Crippen MR) is 107 cm³/mol. The van der Waals surface area contributed by atoms with E-state index in [9.17, 15) is 4.79 Å². The van der Waals surface area contributed by atoms with Crippen LogP contribution in [0.5, 0.6) is 0 Å². The highest BCUT2D eigenvalue weighted by molar-refractivity contribution is 5.85. The van der Waals surface area contributed by atoms with Crippen LogP contribution in [0.15, 0.2) is 6.07 Å². The monoisotopic (exact) mass is 391 g/mol. The Kier molecular flexibility index (Phi) is 9.13. The minimum atomic E-state index is -0.479. The molecule has 1 aliphatic rings. The lowest BCUT2D eigenvalue weighted by Gasteiger charge is -2.35. The highest BCUT2D eigenvalue weighted by Gasteiger charge is 2.30. The van der Waals surface area contributed by atoms with Crippen LogP contribution < -0.4 is 16.0 Å². The number of aromatic nitrogens is 2. The molecule has 1 aromatic rings. The third-order valence-electron chi connectivity index (χ3n) is 4.33. The van der Waals surface area contributed by atoms with Crippen molar-refractivity contribution in [2.45, 2.75) is 59.5 Å². The van der Waals surface area contributed by atoms with Gasteiger partial charge in [0.15, 0.2) is 0 Å². The first-order valence-electron chi connectivity index (χ1n) is 8.30. The van der Waals surface area contributed by atoms with Gasteiger partial charge in [-0.15, -0.1) is 24.8 Å². The molecule has 6 nitrogen and oxygen atoms in total. The van der Waals surface area contributed by atoms with Gasteiger partial charge in [0.25, 0.3) is 0 Å². The summed E-state index contributed by atoms with van der Waals surface area (Å²) in [5, 5.41) is 3.10. The fraction of sp³-hybridized carbons (Fsp3) is 0.706. The maximum Gasteiger partial charge on any atom is 0.237 e. The molecule has 144 valence electrons. The van der Waals surface area contributed by atoms with Crippen LogP contribution in [0.2, 0.25) is 0 Å². The number of rotatable bonds is 3. The van der Waals surface area contributed by atoms with Crippen LogP contribution >= 0.6 is 24.8 Å². The minimum absolute atomic E-state index is 0. The molecule has 2 rings (SSSR count). The Labute approximate surface area is 163 Å². The van der Waals surface area contributed by atoms with E-state index in [-0.39, 0.29) is 42.2 Å². The molecule has 3 N–H and O–H groups in total. The van der Waals surface area contributed by atoms with E-state index in [1.807, 2.05) is 40.7 Å². The number of aryl methyl sites for hydroxylation is 2. The third-order valence-corrected chi connectivity index (χ3v) is 4.33. The Balaban J connectivity index is 0.00000288. The van der Waals surface area contributed by atoms with Crippen LogP contribution in [0, 0.1) is 19.3 Å². The lowest BCUT2D eigenvalue weighted by molar-refractivity contribution is -0.125. The topological polar surface area (TPSA) is 84.1 Å². The number of hydrogen-bond acceptors (Lipinski definition) is 5. The van der Waals surface area contributed by atoms with Gasteiger partial charge in [-0.2, -0.15) is 0 Å². The zero-order valence-corrected chi connectivity index (χ0v) is 17.3. The highest BCUT2D eigenvalue weighted by Crippen LogP contribution is 2.20. The van der Waals surface area contributed by atoms with E-state index < -0.39 is 6.04 Å². The summed E-state index contributed by atoms with van der Waals surface area (Å²) in [6, 6.07) is 1.73. The normalized spacial score (nSPS) is 16.5. The van der Waals surface area contributed by atoms with Gasteiger partial charge in [0.1, 0.15) is 11.6 Å². The Bertz CT molecular complexity index is 548. The second-order valence-corrected chi connectivity index (χ2v) is 7.53. The molecule has 1 amide bonds. The SMILES string of the molecule is Cc1cc(N2CCC(NC(=O)[C@@H](N)C(C)(C)C)CC2)nc(C)n1.Cl.Cl. The summed E-state index contributed by atoms with van der Waals surface area (Å²) in [6.45, 7) is 11.6. The van der Waals surface area contributed by atoms with Gasteiger partial charge in [-0.3, -0.25) is 4.79 Å². The Morgan fingerprint density at radius 3 is 2.28 bits per heavy atom. The molecule has 0 spiro atoms. The molecule has 1 fully saturated rings. The lowest BCUT2D eigenvalue weighted by atomic mass is 9.86. The molecule has 1 aliphatic heterocycles. The number of nitrogens with zero attached hydrogens (tertiary/aromatic N) is 3. The van der Waals surface area contributed by atoms with Crippen molar-refractivity contribution in [1.29, 1.82) is 0 Å². The van der Waals surface area contributed by atoms with Crippen molar-refractivity contribution in [2.24, 2.45) is 11.1 Å². The van der Waals surface area contributed by atoms with E-state index in [1.165, 1.54) is 0 Å². The number of amides is 1. The highest BCUT2D eigenvalue weighted by atomic mass is 35.5. The second-order valence-electron chi connectivity index (χ2n) is 7.53. The molecular formula is C17H31Cl2N5O. The van der Waals surface area contributed by atoms with E-state index in [4.69, 9.17) is 5.73 Å². The van der Waals surface area contributed by atoms with Crippen LogP contribution in [-0.2, 0) is 4.79 Å². The van der Waals surface area contributed by atoms with Crippen molar-refractivity contribution in [1.82, 2.24) is 15.3 Å². The summed E-state index contributed by atoms with van der Waals surface area (Å²) < 4.78 is 0. The van der Waals surface area contributed by atoms with Crippen molar-refractivity contribution in [3.05, 3.63) is 17.6 Å². The molecule has 8 heteroatoms. The first-order valence-corrected chi connectivity index (χ1v) is 8.30. The lowest BCUT2D eigenvalue weighted by Crippen LogP contribution is -2.53. The average Bonchev–Trinajstić information content (AvgIpc) is 2.45. The fourth-order valence-corrected chi connectivity index (χ4v) is 2.80. The smallest absolute Gasteiger partial charge is 0.237 e. The third kappa shape index (κ3) is 6.60. The van der Waals surface area contributed by atoms with Gasteiger partial charge in [-0.25, -0.2) is 9.97 Å². The van der Waals surface area contributed by atoms with Gasteiger partial charge in [-0.1, -0.05) is 20.8 Å². The molecule has 0 bridgehead atoms. The van der Waals surface area contributed by atoms with Crippen molar-refractivity contribution in [2.75, 3.05) is 18.0 Å². The van der Waals surface area contributed by atoms with Gasteiger partial charge in [0.2, 0.25) is 5.91 Å². The summed E-state index contributed by atoms with van der Waals surface area (Å²) in [6.07, 6.45) is 1.81. The van der Waals surface area contributed by atoms with E-state index in [0.717, 1.165) is 43.3 Å². The molecule has 0 saturated carbocycles. The molecule has 0 unspecified atom stereocenters. The maximum absolute atomic E-state index is 12.2. The molecule has 2 heterocycles. The fourth-order valence-electron chi connectivity index (χ4n) is 2.80. The Morgan fingerprint density at radius 1 is 1.24 bits per heavy atom. The second kappa shape index (κ2) is 9.55. The van der Waals surface area contributed by atoms with Crippen LogP contribution in [0.4, 0.5) is 5.82 Å². The standard InChI is InChI=1S/C17H29N5O.2ClH/c1-11-10-14(20-12(2)19-11)22-8-6-13(7-9-22)21-16(23)15(18)17(3,4)5;;/h10,13,15H,6-9,18H2,1-5H3,(H,21,23);2*1H/t15-;;/m1../s1. The van der Waals surface area contributed by atoms with E-state index in [2.05, 4.69) is 20.2 Å². The number of nitrogens with one attached hydrogen (secondary N) is 1. The number of hydrogen-bond donors (Lipinski definition) is 2. The van der Waals surface area contributed by atoms with Crippen molar-refractivity contribution in [3.8, 4) is 0 Å². The first-order chi connectivity index (χ1) is 10.7. The summed E-state index contributed by atoms with van der Waals surface area (Å²) >= 11 is 0. The molecular weight excluding hydrogens is 361 g/mol. The number of carbonyl (C=O) groups is 1.